The van der Waals surface area contributed by atoms with Gasteiger partial charge in [0.15, 0.2) is 0 Å². The van der Waals surface area contributed by atoms with E-state index in [2.05, 4.69) is 46.8 Å². The van der Waals surface area contributed by atoms with E-state index in [4.69, 9.17) is 0 Å². The monoisotopic (exact) mass is 266 g/mol. The molecule has 1 unspecified atom stereocenters. The van der Waals surface area contributed by atoms with Crippen LogP contribution in [-0.4, -0.2) is 0 Å². The molecule has 0 saturated heterocycles. The molecule has 1 atom stereocenters. The van der Waals surface area contributed by atoms with Crippen LogP contribution in [0.3, 0.4) is 0 Å². The van der Waals surface area contributed by atoms with Crippen molar-refractivity contribution >= 4 is 0 Å². The van der Waals surface area contributed by atoms with Gasteiger partial charge in [-0.25, -0.2) is 0 Å². The molecule has 0 amide bonds. The normalized spacial score (nSPS) is 14.2. The average Bonchev–Trinajstić information content (AvgIpc) is 2.44. The molecule has 0 spiro atoms. The van der Waals surface area contributed by atoms with Gasteiger partial charge in [0.25, 0.3) is 0 Å². The second-order valence-corrected chi connectivity index (χ2v) is 6.41. The van der Waals surface area contributed by atoms with E-state index in [0.29, 0.717) is 5.41 Å². The first-order valence-corrected chi connectivity index (χ1v) is 8.75. The highest BCUT2D eigenvalue weighted by molar-refractivity contribution is 4.80. The Kier molecular flexibility index (Phi) is 11.4. The van der Waals surface area contributed by atoms with Gasteiger partial charge < -0.3 is 0 Å². The highest BCUT2D eigenvalue weighted by Crippen LogP contribution is 2.40. The van der Waals surface area contributed by atoms with Crippen LogP contribution in [-0.2, 0) is 0 Å². The highest BCUT2D eigenvalue weighted by atomic mass is 14.3. The zero-order chi connectivity index (χ0) is 14.6. The number of hydrogen-bond donors (Lipinski definition) is 0. The maximum atomic E-state index is 2.51. The minimum Gasteiger partial charge on any atom is -0.0917 e. The van der Waals surface area contributed by atoms with E-state index in [1.54, 1.807) is 0 Å². The van der Waals surface area contributed by atoms with Gasteiger partial charge in [0, 0.05) is 0 Å². The first-order valence-electron chi connectivity index (χ1n) is 8.75. The van der Waals surface area contributed by atoms with E-state index in [1.165, 1.54) is 64.2 Å². The van der Waals surface area contributed by atoms with E-state index >= 15 is 0 Å². The minimum atomic E-state index is 0.584. The van der Waals surface area contributed by atoms with Crippen molar-refractivity contribution in [2.75, 3.05) is 0 Å². The molecule has 0 saturated carbocycles. The molecule has 0 aromatic heterocycles. The van der Waals surface area contributed by atoms with Crippen molar-refractivity contribution in [1.82, 2.24) is 0 Å². The first kappa shape index (κ1) is 18.7. The Morgan fingerprint density at radius 2 is 1.53 bits per heavy atom. The molecular formula is C19H38. The van der Waals surface area contributed by atoms with Gasteiger partial charge in [0.1, 0.15) is 0 Å². The third-order valence-electron chi connectivity index (χ3n) is 5.15. The Morgan fingerprint density at radius 3 is 2.05 bits per heavy atom. The lowest BCUT2D eigenvalue weighted by Gasteiger charge is -2.36. The molecule has 0 aromatic rings. The number of rotatable bonds is 12. The van der Waals surface area contributed by atoms with Crippen LogP contribution in [0.25, 0.3) is 0 Å². The molecule has 0 fully saturated rings. The standard InChI is InChI=1S/C19H38/c1-6-10-11-12-13-14-15-17-18(16-7-2)19(5,8-3)9-4/h6,10,18H,7-9,11-17H2,1-5H3. The number of allylic oxidation sites excluding steroid dienone is 2. The van der Waals surface area contributed by atoms with E-state index < -0.39 is 0 Å². The van der Waals surface area contributed by atoms with Crippen molar-refractivity contribution in [3.8, 4) is 0 Å². The van der Waals surface area contributed by atoms with Crippen molar-refractivity contribution < 1.29 is 0 Å². The Labute approximate surface area is 123 Å². The zero-order valence-corrected chi connectivity index (χ0v) is 14.3. The summed E-state index contributed by atoms with van der Waals surface area (Å²) >= 11 is 0. The van der Waals surface area contributed by atoms with Gasteiger partial charge in [0.05, 0.1) is 0 Å². The molecule has 114 valence electrons. The van der Waals surface area contributed by atoms with Gasteiger partial charge in [-0.2, -0.15) is 0 Å². The van der Waals surface area contributed by atoms with E-state index in [1.807, 2.05) is 0 Å². The predicted molar refractivity (Wildman–Crippen MR) is 89.6 cm³/mol. The molecule has 0 nitrogen and oxygen atoms in total. The van der Waals surface area contributed by atoms with Crippen molar-refractivity contribution in [2.24, 2.45) is 11.3 Å². The molecule has 0 rings (SSSR count). The second-order valence-electron chi connectivity index (χ2n) is 6.41. The Morgan fingerprint density at radius 1 is 0.895 bits per heavy atom. The van der Waals surface area contributed by atoms with E-state index in [-0.39, 0.29) is 0 Å². The third-order valence-corrected chi connectivity index (χ3v) is 5.15. The SMILES string of the molecule is CC=CCCCCCCC(CCC)C(C)(CC)CC. The van der Waals surface area contributed by atoms with Gasteiger partial charge >= 0.3 is 0 Å². The topological polar surface area (TPSA) is 0 Å². The molecule has 19 heavy (non-hydrogen) atoms. The first-order chi connectivity index (χ1) is 9.14. The fraction of sp³-hybridized carbons (Fsp3) is 0.895. The number of hydrogen-bond acceptors (Lipinski definition) is 0. The van der Waals surface area contributed by atoms with Crippen LogP contribution in [0.5, 0.6) is 0 Å². The largest absolute Gasteiger partial charge is 0.0917 e. The lowest BCUT2D eigenvalue weighted by Crippen LogP contribution is -2.26. The van der Waals surface area contributed by atoms with Crippen LogP contribution in [0.2, 0.25) is 0 Å². The average molecular weight is 267 g/mol. The van der Waals surface area contributed by atoms with Gasteiger partial charge in [-0.1, -0.05) is 84.8 Å². The highest BCUT2D eigenvalue weighted by Gasteiger charge is 2.29. The maximum absolute atomic E-state index is 2.51. The summed E-state index contributed by atoms with van der Waals surface area (Å²) in [5, 5.41) is 0. The summed E-state index contributed by atoms with van der Waals surface area (Å²) in [7, 11) is 0. The molecule has 0 N–H and O–H groups in total. The molecule has 0 radical (unpaired) electrons. The zero-order valence-electron chi connectivity index (χ0n) is 14.3. The van der Waals surface area contributed by atoms with Gasteiger partial charge in [-0.3, -0.25) is 0 Å². The smallest absolute Gasteiger partial charge is 0.0303 e. The van der Waals surface area contributed by atoms with Gasteiger partial charge in [0.2, 0.25) is 0 Å². The summed E-state index contributed by atoms with van der Waals surface area (Å²) in [6, 6.07) is 0. The lowest BCUT2D eigenvalue weighted by atomic mass is 9.69. The van der Waals surface area contributed by atoms with E-state index in [9.17, 15) is 0 Å². The van der Waals surface area contributed by atoms with Crippen LogP contribution in [0.4, 0.5) is 0 Å². The fourth-order valence-corrected chi connectivity index (χ4v) is 3.19. The van der Waals surface area contributed by atoms with Gasteiger partial charge in [-0.15, -0.1) is 0 Å². The predicted octanol–water partition coefficient (Wildman–Crippen LogP) is 7.15. The van der Waals surface area contributed by atoms with Crippen molar-refractivity contribution in [1.29, 1.82) is 0 Å². The molecular weight excluding hydrogens is 228 g/mol. The molecule has 0 bridgehead atoms. The second kappa shape index (κ2) is 11.6. The Bertz CT molecular complexity index is 210. The van der Waals surface area contributed by atoms with Crippen molar-refractivity contribution in [2.45, 2.75) is 98.8 Å². The molecule has 0 aromatic carbocycles. The minimum absolute atomic E-state index is 0.584. The summed E-state index contributed by atoms with van der Waals surface area (Å²) in [5.41, 5.74) is 0.584. The molecule has 0 heterocycles. The third kappa shape index (κ3) is 7.80. The quantitative estimate of drug-likeness (QED) is 0.260. The summed E-state index contributed by atoms with van der Waals surface area (Å²) in [4.78, 5) is 0. The van der Waals surface area contributed by atoms with Crippen molar-refractivity contribution in [3.05, 3.63) is 12.2 Å². The molecule has 0 heteroatoms. The summed E-state index contributed by atoms with van der Waals surface area (Å²) in [6.45, 7) is 11.7. The lowest BCUT2D eigenvalue weighted by molar-refractivity contribution is 0.143. The summed E-state index contributed by atoms with van der Waals surface area (Å²) in [6.07, 6.45) is 18.3. The Balaban J connectivity index is 3.95. The van der Waals surface area contributed by atoms with Gasteiger partial charge in [-0.05, 0) is 37.5 Å². The van der Waals surface area contributed by atoms with Crippen molar-refractivity contribution in [3.63, 3.8) is 0 Å². The van der Waals surface area contributed by atoms with Crippen LogP contribution < -0.4 is 0 Å². The van der Waals surface area contributed by atoms with Crippen LogP contribution in [0.1, 0.15) is 98.8 Å². The molecule has 0 aliphatic carbocycles. The van der Waals surface area contributed by atoms with Crippen LogP contribution in [0, 0.1) is 11.3 Å². The van der Waals surface area contributed by atoms with Crippen LogP contribution >= 0.6 is 0 Å². The Hall–Kier alpha value is -0.260. The fourth-order valence-electron chi connectivity index (χ4n) is 3.19. The summed E-state index contributed by atoms with van der Waals surface area (Å²) < 4.78 is 0. The summed E-state index contributed by atoms with van der Waals surface area (Å²) in [5.74, 6) is 0.947. The maximum Gasteiger partial charge on any atom is -0.0303 e. The van der Waals surface area contributed by atoms with E-state index in [0.717, 1.165) is 5.92 Å². The molecule has 0 aliphatic rings. The number of unbranched alkanes of at least 4 members (excludes halogenated alkanes) is 4. The van der Waals surface area contributed by atoms with Crippen LogP contribution in [0.15, 0.2) is 12.2 Å². The molecule has 0 aliphatic heterocycles.